The molecular weight excluding hydrogens is 576 g/mol. The van der Waals surface area contributed by atoms with Gasteiger partial charge in [-0.25, -0.2) is 14.8 Å². The molecule has 0 spiro atoms. The minimum Gasteiger partial charge on any atom is -0.478 e. The number of fused-ring (bicyclic) bond motifs is 2. The molecular formula is C32H30N8O5. The van der Waals surface area contributed by atoms with Crippen LogP contribution in [0.1, 0.15) is 44.9 Å². The topological polar surface area (TPSA) is 165 Å². The second-order valence-electron chi connectivity index (χ2n) is 10.6. The molecule has 0 saturated heterocycles. The van der Waals surface area contributed by atoms with Crippen LogP contribution in [0.4, 0.5) is 0 Å². The van der Waals surface area contributed by atoms with E-state index in [1.54, 1.807) is 25.3 Å². The van der Waals surface area contributed by atoms with Gasteiger partial charge in [0.2, 0.25) is 5.91 Å². The smallest absolute Gasteiger partial charge is 0.338 e. The molecule has 0 fully saturated rings. The Morgan fingerprint density at radius 1 is 1.02 bits per heavy atom. The maximum Gasteiger partial charge on any atom is 0.338 e. The van der Waals surface area contributed by atoms with Crippen LogP contribution < -0.4 is 5.32 Å². The van der Waals surface area contributed by atoms with Gasteiger partial charge in [0.15, 0.2) is 5.82 Å². The van der Waals surface area contributed by atoms with Crippen LogP contribution in [0.25, 0.3) is 33.3 Å². The molecule has 0 bridgehead atoms. The van der Waals surface area contributed by atoms with Gasteiger partial charge in [0.25, 0.3) is 5.91 Å². The summed E-state index contributed by atoms with van der Waals surface area (Å²) in [5, 5.41) is 18.4. The van der Waals surface area contributed by atoms with E-state index in [0.29, 0.717) is 18.9 Å². The fraction of sp³-hybridized carbons (Fsp3) is 0.250. The van der Waals surface area contributed by atoms with Gasteiger partial charge in [0.05, 0.1) is 23.6 Å². The molecule has 2 N–H and O–H groups in total. The summed E-state index contributed by atoms with van der Waals surface area (Å²) in [6.45, 7) is 3.37. The number of rotatable bonds is 9. The average Bonchev–Trinajstić information content (AvgIpc) is 3.39. The monoisotopic (exact) mass is 606 g/mol. The number of amides is 2. The van der Waals surface area contributed by atoms with Crippen molar-refractivity contribution in [2.75, 3.05) is 19.7 Å². The highest BCUT2D eigenvalue weighted by molar-refractivity contribution is 5.98. The van der Waals surface area contributed by atoms with Crippen LogP contribution in [-0.4, -0.2) is 77.2 Å². The Morgan fingerprint density at radius 2 is 1.84 bits per heavy atom. The van der Waals surface area contributed by atoms with Crippen LogP contribution in [0.15, 0.2) is 61.2 Å². The summed E-state index contributed by atoms with van der Waals surface area (Å²) in [5.41, 5.74) is 5.79. The maximum absolute atomic E-state index is 12.6. The first-order chi connectivity index (χ1) is 21.8. The van der Waals surface area contributed by atoms with Crippen LogP contribution in [0, 0.1) is 0 Å². The number of carboxylic acid groups (broad SMARTS) is 1. The van der Waals surface area contributed by atoms with Gasteiger partial charge in [-0.1, -0.05) is 18.2 Å². The predicted molar refractivity (Wildman–Crippen MR) is 163 cm³/mol. The largest absolute Gasteiger partial charge is 0.478 e. The lowest BCUT2D eigenvalue weighted by Crippen LogP contribution is -2.34. The third-order valence-electron chi connectivity index (χ3n) is 7.71. The molecule has 5 aromatic rings. The molecule has 0 aliphatic carbocycles. The molecule has 0 unspecified atom stereocenters. The SMILES string of the molecule is CC(=O)N1CCc2c(c(-c3cccc4cc(-c5ccc(C(=O)NCCOCc6ncc(C(=O)O)cn6)nc5)ncc34)nn2C)C1. The number of nitrogens with zero attached hydrogens (tertiary/aromatic N) is 7. The number of carbonyl (C=O) groups excluding carboxylic acids is 2. The average molecular weight is 607 g/mol. The number of hydrogen-bond acceptors (Lipinski definition) is 9. The predicted octanol–water partition coefficient (Wildman–Crippen LogP) is 3.04. The normalized spacial score (nSPS) is 12.6. The number of nitrogens with one attached hydrogen (secondary N) is 1. The summed E-state index contributed by atoms with van der Waals surface area (Å²) in [4.78, 5) is 54.3. The molecule has 2 amide bonds. The summed E-state index contributed by atoms with van der Waals surface area (Å²) < 4.78 is 7.38. The molecule has 1 aromatic carbocycles. The number of pyridine rings is 2. The first-order valence-corrected chi connectivity index (χ1v) is 14.3. The Labute approximate surface area is 257 Å². The summed E-state index contributed by atoms with van der Waals surface area (Å²) in [6.07, 6.45) is 6.65. The molecule has 13 nitrogen and oxygen atoms in total. The van der Waals surface area contributed by atoms with Gasteiger partial charge in [-0.05, 0) is 23.6 Å². The Bertz CT molecular complexity index is 1900. The van der Waals surface area contributed by atoms with Crippen LogP contribution in [0.2, 0.25) is 0 Å². The highest BCUT2D eigenvalue weighted by atomic mass is 16.5. The van der Waals surface area contributed by atoms with E-state index in [1.807, 2.05) is 47.1 Å². The van der Waals surface area contributed by atoms with E-state index in [1.165, 1.54) is 12.4 Å². The second-order valence-corrected chi connectivity index (χ2v) is 10.6. The van der Waals surface area contributed by atoms with Crippen molar-refractivity contribution in [3.63, 3.8) is 0 Å². The van der Waals surface area contributed by atoms with Gasteiger partial charge in [-0.15, -0.1) is 0 Å². The van der Waals surface area contributed by atoms with E-state index in [2.05, 4.69) is 20.3 Å². The highest BCUT2D eigenvalue weighted by Gasteiger charge is 2.26. The van der Waals surface area contributed by atoms with Crippen LogP contribution in [-0.2, 0) is 36.2 Å². The van der Waals surface area contributed by atoms with E-state index < -0.39 is 5.97 Å². The van der Waals surface area contributed by atoms with Crippen molar-refractivity contribution in [3.05, 3.63) is 89.5 Å². The Morgan fingerprint density at radius 3 is 2.58 bits per heavy atom. The summed E-state index contributed by atoms with van der Waals surface area (Å²) in [7, 11) is 1.94. The Hall–Kier alpha value is -5.56. The van der Waals surface area contributed by atoms with Gasteiger partial charge in [-0.2, -0.15) is 5.10 Å². The van der Waals surface area contributed by atoms with Crippen LogP contribution >= 0.6 is 0 Å². The highest BCUT2D eigenvalue weighted by Crippen LogP contribution is 2.35. The fourth-order valence-corrected chi connectivity index (χ4v) is 5.32. The third kappa shape index (κ3) is 6.24. The van der Waals surface area contributed by atoms with Crippen molar-refractivity contribution in [3.8, 4) is 22.5 Å². The zero-order chi connectivity index (χ0) is 31.5. The van der Waals surface area contributed by atoms with Crippen molar-refractivity contribution < 1.29 is 24.2 Å². The summed E-state index contributed by atoms with van der Waals surface area (Å²) >= 11 is 0. The van der Waals surface area contributed by atoms with E-state index in [-0.39, 0.29) is 42.8 Å². The molecule has 0 radical (unpaired) electrons. The van der Waals surface area contributed by atoms with E-state index >= 15 is 0 Å². The molecule has 5 heterocycles. The quantitative estimate of drug-likeness (QED) is 0.238. The Balaban J connectivity index is 1.10. The molecule has 0 saturated carbocycles. The fourth-order valence-electron chi connectivity index (χ4n) is 5.32. The van der Waals surface area contributed by atoms with Crippen LogP contribution in [0.3, 0.4) is 0 Å². The lowest BCUT2D eigenvalue weighted by atomic mass is 9.97. The van der Waals surface area contributed by atoms with Crippen molar-refractivity contribution in [1.82, 2.24) is 39.9 Å². The van der Waals surface area contributed by atoms with Gasteiger partial charge < -0.3 is 20.1 Å². The lowest BCUT2D eigenvalue weighted by molar-refractivity contribution is -0.129. The summed E-state index contributed by atoms with van der Waals surface area (Å²) in [5.74, 6) is -1.04. The number of aryl methyl sites for hydroxylation is 1. The minimum absolute atomic E-state index is 0.00205. The number of aromatic carboxylic acids is 1. The van der Waals surface area contributed by atoms with E-state index in [0.717, 1.165) is 51.0 Å². The number of benzene rings is 1. The molecule has 13 heteroatoms. The third-order valence-corrected chi connectivity index (χ3v) is 7.71. The number of aromatic nitrogens is 6. The molecule has 0 atom stereocenters. The molecule has 228 valence electrons. The summed E-state index contributed by atoms with van der Waals surface area (Å²) in [6, 6.07) is 11.5. The standard InChI is InChI=1S/C32H30N8O5/c1-19(41)40-10-8-28-25(17-40)30(38-39(28)2)23-5-3-4-20-12-27(35-16-24(20)23)21-6-7-26(34-13-21)31(42)33-9-11-45-18-29-36-14-22(15-37-29)32(43)44/h3-7,12-16H,8-11,17-18H2,1-2H3,(H,33,42)(H,43,44). The zero-order valence-electron chi connectivity index (χ0n) is 24.7. The first kappa shape index (κ1) is 29.5. The minimum atomic E-state index is -1.10. The van der Waals surface area contributed by atoms with Crippen molar-refractivity contribution in [2.45, 2.75) is 26.5 Å². The van der Waals surface area contributed by atoms with Gasteiger partial charge >= 0.3 is 5.97 Å². The molecule has 1 aliphatic heterocycles. The number of hydrogen-bond donors (Lipinski definition) is 2. The number of carbonyl (C=O) groups is 3. The van der Waals surface area contributed by atoms with Crippen LogP contribution in [0.5, 0.6) is 0 Å². The number of carboxylic acids is 1. The van der Waals surface area contributed by atoms with E-state index in [9.17, 15) is 14.4 Å². The van der Waals surface area contributed by atoms with E-state index in [4.69, 9.17) is 19.9 Å². The van der Waals surface area contributed by atoms with Gasteiger partial charge in [-0.3, -0.25) is 24.2 Å². The maximum atomic E-state index is 12.6. The first-order valence-electron chi connectivity index (χ1n) is 14.3. The van der Waals surface area contributed by atoms with Gasteiger partial charge in [0, 0.05) is 92.6 Å². The number of ether oxygens (including phenoxy) is 1. The molecule has 6 rings (SSSR count). The second kappa shape index (κ2) is 12.6. The molecule has 4 aromatic heterocycles. The lowest BCUT2D eigenvalue weighted by Gasteiger charge is -2.26. The zero-order valence-corrected chi connectivity index (χ0v) is 24.7. The molecule has 45 heavy (non-hydrogen) atoms. The van der Waals surface area contributed by atoms with Crippen molar-refractivity contribution >= 4 is 28.6 Å². The molecule has 1 aliphatic rings. The van der Waals surface area contributed by atoms with Crippen molar-refractivity contribution in [1.29, 1.82) is 0 Å². The Kier molecular flexibility index (Phi) is 8.25. The van der Waals surface area contributed by atoms with Gasteiger partial charge in [0.1, 0.15) is 12.3 Å². The van der Waals surface area contributed by atoms with Crippen molar-refractivity contribution in [2.24, 2.45) is 7.05 Å².